The van der Waals surface area contributed by atoms with E-state index in [0.717, 1.165) is 3.57 Å². The molecule has 1 amide bonds. The van der Waals surface area contributed by atoms with Gasteiger partial charge in [0.1, 0.15) is 0 Å². The summed E-state index contributed by atoms with van der Waals surface area (Å²) in [4.78, 5) is 11.3. The molecule has 1 heterocycles. The van der Waals surface area contributed by atoms with Gasteiger partial charge in [-0.25, -0.2) is 5.84 Å². The molecule has 5 nitrogen and oxygen atoms in total. The summed E-state index contributed by atoms with van der Waals surface area (Å²) in [6, 6.07) is 0.00191. The molecule has 0 aliphatic rings. The monoisotopic (exact) mass is 308 g/mol. The van der Waals surface area contributed by atoms with E-state index in [2.05, 4.69) is 33.1 Å². The molecule has 1 aromatic heterocycles. The van der Waals surface area contributed by atoms with Crippen LogP contribution in [0.5, 0.6) is 0 Å². The van der Waals surface area contributed by atoms with Crippen molar-refractivity contribution in [1.82, 2.24) is 15.2 Å². The van der Waals surface area contributed by atoms with Gasteiger partial charge in [0.05, 0.1) is 21.7 Å². The highest BCUT2D eigenvalue weighted by atomic mass is 127. The molecular formula is C8H13IN4O. The Balaban J connectivity index is 2.74. The molecule has 2 atom stereocenters. The highest BCUT2D eigenvalue weighted by molar-refractivity contribution is 14.1. The Hall–Kier alpha value is -0.630. The lowest BCUT2D eigenvalue weighted by atomic mass is 10.0. The smallest absolute Gasteiger partial charge is 0.238 e. The number of carbonyl (C=O) groups excluding carboxylic acids is 1. The van der Waals surface area contributed by atoms with Gasteiger partial charge >= 0.3 is 0 Å². The van der Waals surface area contributed by atoms with Crippen LogP contribution in [0.3, 0.4) is 0 Å². The molecule has 0 aliphatic carbocycles. The van der Waals surface area contributed by atoms with Crippen LogP contribution >= 0.6 is 22.6 Å². The maximum atomic E-state index is 11.3. The third-order valence-electron chi connectivity index (χ3n) is 2.27. The van der Waals surface area contributed by atoms with Gasteiger partial charge in [-0.2, -0.15) is 5.10 Å². The first-order valence-corrected chi connectivity index (χ1v) is 5.34. The third-order valence-corrected chi connectivity index (χ3v) is 2.82. The van der Waals surface area contributed by atoms with Crippen molar-refractivity contribution in [1.29, 1.82) is 0 Å². The number of hydrogen-bond donors (Lipinski definition) is 2. The molecule has 1 rings (SSSR count). The van der Waals surface area contributed by atoms with E-state index in [-0.39, 0.29) is 17.9 Å². The molecule has 78 valence electrons. The van der Waals surface area contributed by atoms with Crippen molar-refractivity contribution >= 4 is 28.5 Å². The van der Waals surface area contributed by atoms with Crippen LogP contribution in [0.25, 0.3) is 0 Å². The second kappa shape index (κ2) is 4.74. The van der Waals surface area contributed by atoms with E-state index >= 15 is 0 Å². The van der Waals surface area contributed by atoms with Crippen LogP contribution in [0.2, 0.25) is 0 Å². The number of rotatable bonds is 3. The maximum absolute atomic E-state index is 11.3. The molecule has 6 heteroatoms. The van der Waals surface area contributed by atoms with Crippen molar-refractivity contribution in [3.63, 3.8) is 0 Å². The predicted molar refractivity (Wildman–Crippen MR) is 61.1 cm³/mol. The number of carbonyl (C=O) groups is 1. The van der Waals surface area contributed by atoms with Gasteiger partial charge in [-0.1, -0.05) is 6.92 Å². The first-order valence-electron chi connectivity index (χ1n) is 4.26. The average molecular weight is 308 g/mol. The molecule has 0 saturated heterocycles. The quantitative estimate of drug-likeness (QED) is 0.373. The highest BCUT2D eigenvalue weighted by Gasteiger charge is 2.21. The van der Waals surface area contributed by atoms with E-state index in [1.54, 1.807) is 10.9 Å². The number of hydrazine groups is 1. The summed E-state index contributed by atoms with van der Waals surface area (Å²) in [5, 5.41) is 4.14. The summed E-state index contributed by atoms with van der Waals surface area (Å²) < 4.78 is 2.82. The molecular weight excluding hydrogens is 295 g/mol. The number of nitrogens with two attached hydrogens (primary N) is 1. The average Bonchev–Trinajstić information content (AvgIpc) is 2.61. The molecule has 0 saturated carbocycles. The van der Waals surface area contributed by atoms with Crippen LogP contribution in [0.15, 0.2) is 12.4 Å². The van der Waals surface area contributed by atoms with Gasteiger partial charge in [-0.3, -0.25) is 14.9 Å². The van der Waals surface area contributed by atoms with Crippen LogP contribution in [0, 0.1) is 9.49 Å². The van der Waals surface area contributed by atoms with Gasteiger partial charge < -0.3 is 0 Å². The van der Waals surface area contributed by atoms with Crippen LogP contribution < -0.4 is 11.3 Å². The molecule has 14 heavy (non-hydrogen) atoms. The van der Waals surface area contributed by atoms with Gasteiger partial charge in [0, 0.05) is 6.20 Å². The van der Waals surface area contributed by atoms with E-state index in [1.807, 2.05) is 20.0 Å². The SMILES string of the molecule is CC(C(=O)NN)C(C)n1cc(I)cn1. The van der Waals surface area contributed by atoms with Gasteiger partial charge in [-0.15, -0.1) is 0 Å². The zero-order valence-corrected chi connectivity index (χ0v) is 10.2. The largest absolute Gasteiger partial charge is 0.294 e. The molecule has 0 aromatic carbocycles. The summed E-state index contributed by atoms with van der Waals surface area (Å²) in [6.07, 6.45) is 3.65. The van der Waals surface area contributed by atoms with E-state index in [0.29, 0.717) is 0 Å². The van der Waals surface area contributed by atoms with Gasteiger partial charge in [0.25, 0.3) is 0 Å². The van der Waals surface area contributed by atoms with Crippen LogP contribution in [-0.2, 0) is 4.79 Å². The van der Waals surface area contributed by atoms with Crippen LogP contribution in [0.1, 0.15) is 19.9 Å². The van der Waals surface area contributed by atoms with Crippen molar-refractivity contribution in [3.8, 4) is 0 Å². The van der Waals surface area contributed by atoms with Crippen molar-refractivity contribution in [2.75, 3.05) is 0 Å². The summed E-state index contributed by atoms with van der Waals surface area (Å²) in [5.74, 6) is 4.69. The second-order valence-electron chi connectivity index (χ2n) is 3.18. The standard InChI is InChI=1S/C8H13IN4O/c1-5(8(14)12-10)6(2)13-4-7(9)3-11-13/h3-6H,10H2,1-2H3,(H,12,14). The lowest BCUT2D eigenvalue weighted by molar-refractivity contribution is -0.125. The number of amides is 1. The number of nitrogens with zero attached hydrogens (tertiary/aromatic N) is 2. The number of hydrogen-bond acceptors (Lipinski definition) is 3. The topological polar surface area (TPSA) is 72.9 Å². The Morgan fingerprint density at radius 1 is 1.71 bits per heavy atom. The van der Waals surface area contributed by atoms with Crippen molar-refractivity contribution in [3.05, 3.63) is 16.0 Å². The normalized spacial score (nSPS) is 14.9. The number of aromatic nitrogens is 2. The van der Waals surface area contributed by atoms with E-state index < -0.39 is 0 Å². The van der Waals surface area contributed by atoms with E-state index in [9.17, 15) is 4.79 Å². The zero-order valence-electron chi connectivity index (χ0n) is 8.07. The first-order chi connectivity index (χ1) is 6.56. The molecule has 3 N–H and O–H groups in total. The van der Waals surface area contributed by atoms with E-state index in [4.69, 9.17) is 5.84 Å². The van der Waals surface area contributed by atoms with Crippen molar-refractivity contribution in [2.45, 2.75) is 19.9 Å². The fraction of sp³-hybridized carbons (Fsp3) is 0.500. The molecule has 0 aliphatic heterocycles. The summed E-state index contributed by atoms with van der Waals surface area (Å²) in [7, 11) is 0. The highest BCUT2D eigenvalue weighted by Crippen LogP contribution is 2.17. The molecule has 0 radical (unpaired) electrons. The predicted octanol–water partition coefficient (Wildman–Crippen LogP) is 0.675. The summed E-state index contributed by atoms with van der Waals surface area (Å²) >= 11 is 2.18. The minimum Gasteiger partial charge on any atom is -0.294 e. The molecule has 0 fully saturated rings. The van der Waals surface area contributed by atoms with Gasteiger partial charge in [0.15, 0.2) is 0 Å². The van der Waals surface area contributed by atoms with Crippen LogP contribution in [-0.4, -0.2) is 15.7 Å². The van der Waals surface area contributed by atoms with Crippen LogP contribution in [0.4, 0.5) is 0 Å². The Bertz CT molecular complexity index is 325. The van der Waals surface area contributed by atoms with Gasteiger partial charge in [0.2, 0.25) is 5.91 Å². The molecule has 1 aromatic rings. The van der Waals surface area contributed by atoms with Gasteiger partial charge in [-0.05, 0) is 29.5 Å². The lowest BCUT2D eigenvalue weighted by Crippen LogP contribution is -2.37. The minimum atomic E-state index is -0.198. The zero-order chi connectivity index (χ0) is 10.7. The Kier molecular flexibility index (Phi) is 3.87. The fourth-order valence-corrected chi connectivity index (χ4v) is 1.53. The number of halogens is 1. The Morgan fingerprint density at radius 3 is 2.79 bits per heavy atom. The first kappa shape index (κ1) is 11.4. The Labute approximate surface area is 96.1 Å². The molecule has 2 unspecified atom stereocenters. The molecule has 0 spiro atoms. The Morgan fingerprint density at radius 2 is 2.36 bits per heavy atom. The van der Waals surface area contributed by atoms with E-state index in [1.165, 1.54) is 0 Å². The van der Waals surface area contributed by atoms with Crippen molar-refractivity contribution < 1.29 is 4.79 Å². The number of nitrogens with one attached hydrogen (secondary N) is 1. The summed E-state index contributed by atoms with van der Waals surface area (Å²) in [6.45, 7) is 3.75. The maximum Gasteiger partial charge on any atom is 0.238 e. The summed E-state index contributed by atoms with van der Waals surface area (Å²) in [5.41, 5.74) is 2.14. The lowest BCUT2D eigenvalue weighted by Gasteiger charge is -2.18. The third kappa shape index (κ3) is 2.44. The minimum absolute atomic E-state index is 0.00191. The fourth-order valence-electron chi connectivity index (χ4n) is 1.12. The van der Waals surface area contributed by atoms with Crippen molar-refractivity contribution in [2.24, 2.45) is 11.8 Å². The molecule has 0 bridgehead atoms. The second-order valence-corrected chi connectivity index (χ2v) is 4.42.